The standard InChI is InChI=1S/C13H20FNO/c1-3-4-5-12(16)13(15)11-7-6-10(14)8-9(11)2/h6-8,12-13,16H,3-5,15H2,1-2H3/t12-,13+/m1/s1. The molecule has 0 aliphatic rings. The highest BCUT2D eigenvalue weighted by molar-refractivity contribution is 5.29. The van der Waals surface area contributed by atoms with Crippen molar-refractivity contribution < 1.29 is 9.50 Å². The summed E-state index contributed by atoms with van der Waals surface area (Å²) in [4.78, 5) is 0. The molecule has 0 radical (unpaired) electrons. The number of halogens is 1. The first-order valence-corrected chi connectivity index (χ1v) is 5.76. The van der Waals surface area contributed by atoms with Crippen LogP contribution in [0.5, 0.6) is 0 Å². The Morgan fingerprint density at radius 2 is 2.12 bits per heavy atom. The van der Waals surface area contributed by atoms with E-state index in [2.05, 4.69) is 6.92 Å². The molecule has 0 amide bonds. The minimum Gasteiger partial charge on any atom is -0.391 e. The molecular formula is C13H20FNO. The molecule has 2 atom stereocenters. The van der Waals surface area contributed by atoms with Crippen molar-refractivity contribution in [3.05, 3.63) is 35.1 Å². The average molecular weight is 225 g/mol. The van der Waals surface area contributed by atoms with Crippen molar-refractivity contribution in [3.8, 4) is 0 Å². The van der Waals surface area contributed by atoms with Crippen LogP contribution < -0.4 is 5.73 Å². The Kier molecular flexibility index (Phi) is 4.90. The Balaban J connectivity index is 2.75. The van der Waals surface area contributed by atoms with E-state index in [9.17, 15) is 9.50 Å². The summed E-state index contributed by atoms with van der Waals surface area (Å²) in [6.07, 6.45) is 2.12. The van der Waals surface area contributed by atoms with Crippen molar-refractivity contribution >= 4 is 0 Å². The lowest BCUT2D eigenvalue weighted by molar-refractivity contribution is 0.132. The van der Waals surface area contributed by atoms with Crippen LogP contribution in [0, 0.1) is 12.7 Å². The summed E-state index contributed by atoms with van der Waals surface area (Å²) in [5, 5.41) is 9.88. The van der Waals surface area contributed by atoms with Crippen LogP contribution in [-0.4, -0.2) is 11.2 Å². The van der Waals surface area contributed by atoms with Gasteiger partial charge in [-0.3, -0.25) is 0 Å². The minimum absolute atomic E-state index is 0.267. The SMILES string of the molecule is CCCC[C@@H](O)[C@@H](N)c1ccc(F)cc1C. The molecule has 0 aromatic heterocycles. The second-order valence-electron chi connectivity index (χ2n) is 4.24. The summed E-state index contributed by atoms with van der Waals surface area (Å²) in [6.45, 7) is 3.88. The number of aliphatic hydroxyl groups is 1. The smallest absolute Gasteiger partial charge is 0.123 e. The van der Waals surface area contributed by atoms with Gasteiger partial charge in [-0.1, -0.05) is 25.8 Å². The Labute approximate surface area is 96.3 Å². The number of hydrogen-bond acceptors (Lipinski definition) is 2. The first-order chi connectivity index (χ1) is 7.56. The van der Waals surface area contributed by atoms with Crippen LogP contribution in [0.4, 0.5) is 4.39 Å². The van der Waals surface area contributed by atoms with Gasteiger partial charge in [0.25, 0.3) is 0 Å². The van der Waals surface area contributed by atoms with Gasteiger partial charge in [-0.15, -0.1) is 0 Å². The molecule has 1 rings (SSSR count). The first kappa shape index (κ1) is 13.1. The third-order valence-electron chi connectivity index (χ3n) is 2.86. The number of benzene rings is 1. The average Bonchev–Trinajstić information content (AvgIpc) is 2.25. The summed E-state index contributed by atoms with van der Waals surface area (Å²) in [5.74, 6) is -0.267. The molecule has 0 saturated carbocycles. The van der Waals surface area contributed by atoms with Crippen LogP contribution in [0.1, 0.15) is 43.4 Å². The second-order valence-corrected chi connectivity index (χ2v) is 4.24. The van der Waals surface area contributed by atoms with E-state index in [1.807, 2.05) is 6.92 Å². The summed E-state index contributed by atoms with van der Waals surface area (Å²) >= 11 is 0. The molecule has 0 fully saturated rings. The molecule has 16 heavy (non-hydrogen) atoms. The quantitative estimate of drug-likeness (QED) is 0.809. The molecule has 0 aliphatic heterocycles. The summed E-state index contributed by atoms with van der Waals surface area (Å²) in [5.41, 5.74) is 7.58. The summed E-state index contributed by atoms with van der Waals surface area (Å²) in [7, 11) is 0. The van der Waals surface area contributed by atoms with Gasteiger partial charge in [-0.05, 0) is 36.6 Å². The topological polar surface area (TPSA) is 46.2 Å². The molecule has 0 spiro atoms. The monoisotopic (exact) mass is 225 g/mol. The molecule has 0 heterocycles. The molecule has 1 aromatic rings. The van der Waals surface area contributed by atoms with Crippen LogP contribution >= 0.6 is 0 Å². The summed E-state index contributed by atoms with van der Waals surface area (Å²) < 4.78 is 12.9. The predicted molar refractivity (Wildman–Crippen MR) is 63.6 cm³/mol. The Hall–Kier alpha value is -0.930. The maximum Gasteiger partial charge on any atom is 0.123 e. The fourth-order valence-electron chi connectivity index (χ4n) is 1.81. The van der Waals surface area contributed by atoms with Gasteiger partial charge in [-0.25, -0.2) is 4.39 Å². The van der Waals surface area contributed by atoms with E-state index in [4.69, 9.17) is 5.73 Å². The van der Waals surface area contributed by atoms with Crippen LogP contribution in [0.15, 0.2) is 18.2 Å². The molecule has 0 aliphatic carbocycles. The highest BCUT2D eigenvalue weighted by atomic mass is 19.1. The van der Waals surface area contributed by atoms with E-state index in [1.54, 1.807) is 6.07 Å². The maximum atomic E-state index is 12.9. The number of aliphatic hydroxyl groups excluding tert-OH is 1. The highest BCUT2D eigenvalue weighted by Gasteiger charge is 2.18. The lowest BCUT2D eigenvalue weighted by atomic mass is 9.95. The molecule has 0 unspecified atom stereocenters. The number of nitrogens with two attached hydrogens (primary N) is 1. The lowest BCUT2D eigenvalue weighted by Gasteiger charge is -2.20. The van der Waals surface area contributed by atoms with Gasteiger partial charge < -0.3 is 10.8 Å². The van der Waals surface area contributed by atoms with Gasteiger partial charge >= 0.3 is 0 Å². The largest absolute Gasteiger partial charge is 0.391 e. The van der Waals surface area contributed by atoms with E-state index in [0.29, 0.717) is 6.42 Å². The van der Waals surface area contributed by atoms with Crippen LogP contribution in [0.3, 0.4) is 0 Å². The fourth-order valence-corrected chi connectivity index (χ4v) is 1.81. The molecule has 0 bridgehead atoms. The second kappa shape index (κ2) is 5.97. The Morgan fingerprint density at radius 1 is 1.44 bits per heavy atom. The van der Waals surface area contributed by atoms with E-state index in [1.165, 1.54) is 12.1 Å². The zero-order valence-corrected chi connectivity index (χ0v) is 9.91. The van der Waals surface area contributed by atoms with E-state index >= 15 is 0 Å². The van der Waals surface area contributed by atoms with Crippen molar-refractivity contribution in [1.82, 2.24) is 0 Å². The Bertz CT molecular complexity index is 341. The van der Waals surface area contributed by atoms with Gasteiger partial charge in [0.1, 0.15) is 5.82 Å². The maximum absolute atomic E-state index is 12.9. The number of unbranched alkanes of at least 4 members (excludes halogenated alkanes) is 1. The van der Waals surface area contributed by atoms with Crippen molar-refractivity contribution in [2.75, 3.05) is 0 Å². The molecular weight excluding hydrogens is 205 g/mol. The molecule has 3 heteroatoms. The van der Waals surface area contributed by atoms with Crippen LogP contribution in [0.25, 0.3) is 0 Å². The van der Waals surface area contributed by atoms with Gasteiger partial charge in [0.15, 0.2) is 0 Å². The van der Waals surface area contributed by atoms with Gasteiger partial charge in [0.05, 0.1) is 12.1 Å². The zero-order valence-electron chi connectivity index (χ0n) is 9.91. The number of aryl methyl sites for hydroxylation is 1. The number of rotatable bonds is 5. The molecule has 0 saturated heterocycles. The van der Waals surface area contributed by atoms with Crippen LogP contribution in [0.2, 0.25) is 0 Å². The lowest BCUT2D eigenvalue weighted by Crippen LogP contribution is -2.26. The van der Waals surface area contributed by atoms with Crippen molar-refractivity contribution in [3.63, 3.8) is 0 Å². The zero-order chi connectivity index (χ0) is 12.1. The minimum atomic E-state index is -0.552. The molecule has 1 aromatic carbocycles. The van der Waals surface area contributed by atoms with E-state index in [-0.39, 0.29) is 5.82 Å². The third-order valence-corrected chi connectivity index (χ3v) is 2.86. The molecule has 2 nitrogen and oxygen atoms in total. The van der Waals surface area contributed by atoms with E-state index in [0.717, 1.165) is 24.0 Å². The van der Waals surface area contributed by atoms with Crippen molar-refractivity contribution in [2.45, 2.75) is 45.3 Å². The molecule has 90 valence electrons. The fraction of sp³-hybridized carbons (Fsp3) is 0.538. The number of hydrogen-bond donors (Lipinski definition) is 2. The highest BCUT2D eigenvalue weighted by Crippen LogP contribution is 2.22. The normalized spacial score (nSPS) is 14.8. The first-order valence-electron chi connectivity index (χ1n) is 5.76. The van der Waals surface area contributed by atoms with Crippen LogP contribution in [-0.2, 0) is 0 Å². The third kappa shape index (κ3) is 3.29. The van der Waals surface area contributed by atoms with E-state index < -0.39 is 12.1 Å². The molecule has 3 N–H and O–H groups in total. The van der Waals surface area contributed by atoms with Gasteiger partial charge in [0, 0.05) is 0 Å². The Morgan fingerprint density at radius 3 is 2.69 bits per heavy atom. The van der Waals surface area contributed by atoms with Crippen molar-refractivity contribution in [2.24, 2.45) is 5.73 Å². The van der Waals surface area contributed by atoms with Gasteiger partial charge in [-0.2, -0.15) is 0 Å². The predicted octanol–water partition coefficient (Wildman–Crippen LogP) is 2.69. The van der Waals surface area contributed by atoms with Gasteiger partial charge in [0.2, 0.25) is 0 Å². The van der Waals surface area contributed by atoms with Crippen molar-refractivity contribution in [1.29, 1.82) is 0 Å². The summed E-state index contributed by atoms with van der Waals surface area (Å²) in [6, 6.07) is 4.06.